The summed E-state index contributed by atoms with van der Waals surface area (Å²) < 4.78 is 2.28. The minimum Gasteiger partial charge on any atom is -0.478 e. The first-order valence-corrected chi connectivity index (χ1v) is 7.89. The summed E-state index contributed by atoms with van der Waals surface area (Å²) in [5, 5.41) is 9.52. The van der Waals surface area contributed by atoms with E-state index in [-0.39, 0.29) is 0 Å². The predicted octanol–water partition coefficient (Wildman–Crippen LogP) is 3.97. The SMILES string of the molecule is CC1CCC(n2c(C3CC3)nc3cccc(C(=O)O)c32)C1. The molecule has 0 amide bonds. The van der Waals surface area contributed by atoms with Gasteiger partial charge in [0.25, 0.3) is 0 Å². The van der Waals surface area contributed by atoms with Gasteiger partial charge in [0.1, 0.15) is 5.82 Å². The van der Waals surface area contributed by atoms with Crippen LogP contribution in [0.2, 0.25) is 0 Å². The molecule has 2 aromatic rings. The third-order valence-corrected chi connectivity index (χ3v) is 4.94. The zero-order valence-electron chi connectivity index (χ0n) is 12.2. The average molecular weight is 284 g/mol. The molecular formula is C17H20N2O2. The van der Waals surface area contributed by atoms with Crippen LogP contribution < -0.4 is 0 Å². The largest absolute Gasteiger partial charge is 0.478 e. The number of aromatic nitrogens is 2. The molecule has 2 unspecified atom stereocenters. The second-order valence-electron chi connectivity index (χ2n) is 6.66. The Bertz CT molecular complexity index is 715. The van der Waals surface area contributed by atoms with Crippen LogP contribution in [0, 0.1) is 5.92 Å². The second-order valence-corrected chi connectivity index (χ2v) is 6.66. The van der Waals surface area contributed by atoms with E-state index < -0.39 is 5.97 Å². The highest BCUT2D eigenvalue weighted by atomic mass is 16.4. The van der Waals surface area contributed by atoms with Crippen LogP contribution in [0.25, 0.3) is 11.0 Å². The number of nitrogens with zero attached hydrogens (tertiary/aromatic N) is 2. The number of imidazole rings is 1. The fraction of sp³-hybridized carbons (Fsp3) is 0.529. The van der Waals surface area contributed by atoms with Crippen molar-refractivity contribution in [2.45, 2.75) is 51.0 Å². The van der Waals surface area contributed by atoms with Gasteiger partial charge in [-0.3, -0.25) is 0 Å². The summed E-state index contributed by atoms with van der Waals surface area (Å²) in [5.74, 6) is 1.53. The Morgan fingerprint density at radius 1 is 1.29 bits per heavy atom. The predicted molar refractivity (Wildman–Crippen MR) is 80.7 cm³/mol. The molecule has 1 aromatic heterocycles. The van der Waals surface area contributed by atoms with Gasteiger partial charge in [-0.05, 0) is 50.2 Å². The first-order chi connectivity index (χ1) is 10.1. The molecule has 1 N–H and O–H groups in total. The topological polar surface area (TPSA) is 55.1 Å². The van der Waals surface area contributed by atoms with Crippen molar-refractivity contribution in [3.63, 3.8) is 0 Å². The number of carboxylic acids is 1. The van der Waals surface area contributed by atoms with Crippen LogP contribution in [0.4, 0.5) is 0 Å². The van der Waals surface area contributed by atoms with Crippen LogP contribution in [0.3, 0.4) is 0 Å². The summed E-state index contributed by atoms with van der Waals surface area (Å²) in [4.78, 5) is 16.4. The molecule has 1 heterocycles. The molecule has 0 aliphatic heterocycles. The molecule has 21 heavy (non-hydrogen) atoms. The third kappa shape index (κ3) is 2.04. The summed E-state index contributed by atoms with van der Waals surface area (Å²) >= 11 is 0. The van der Waals surface area contributed by atoms with Gasteiger partial charge in [0.05, 0.1) is 16.6 Å². The number of carboxylic acid groups (broad SMARTS) is 1. The number of carbonyl (C=O) groups is 1. The molecule has 4 heteroatoms. The van der Waals surface area contributed by atoms with E-state index in [1.54, 1.807) is 12.1 Å². The Morgan fingerprint density at radius 2 is 2.10 bits per heavy atom. The second kappa shape index (κ2) is 4.58. The van der Waals surface area contributed by atoms with Crippen molar-refractivity contribution in [3.05, 3.63) is 29.6 Å². The molecular weight excluding hydrogens is 264 g/mol. The molecule has 2 fully saturated rings. The smallest absolute Gasteiger partial charge is 0.337 e. The van der Waals surface area contributed by atoms with Crippen molar-refractivity contribution in [1.29, 1.82) is 0 Å². The number of fused-ring (bicyclic) bond motifs is 1. The highest BCUT2D eigenvalue weighted by molar-refractivity contribution is 6.01. The first kappa shape index (κ1) is 12.9. The molecule has 0 saturated heterocycles. The highest BCUT2D eigenvalue weighted by Gasteiger charge is 2.34. The molecule has 0 bridgehead atoms. The molecule has 2 aliphatic carbocycles. The molecule has 2 atom stereocenters. The van der Waals surface area contributed by atoms with Crippen LogP contribution in [0.1, 0.15) is 67.2 Å². The summed E-state index contributed by atoms with van der Waals surface area (Å²) in [6, 6.07) is 5.87. The maximum Gasteiger partial charge on any atom is 0.337 e. The van der Waals surface area contributed by atoms with Gasteiger partial charge in [0.15, 0.2) is 0 Å². The minimum atomic E-state index is -0.852. The van der Waals surface area contributed by atoms with Crippen molar-refractivity contribution in [2.75, 3.05) is 0 Å². The van der Waals surface area contributed by atoms with Gasteiger partial charge >= 0.3 is 5.97 Å². The van der Waals surface area contributed by atoms with E-state index in [0.717, 1.165) is 35.6 Å². The molecule has 0 spiro atoms. The zero-order chi connectivity index (χ0) is 14.6. The van der Waals surface area contributed by atoms with Crippen molar-refractivity contribution >= 4 is 17.0 Å². The van der Waals surface area contributed by atoms with Gasteiger partial charge < -0.3 is 9.67 Å². The lowest BCUT2D eigenvalue weighted by molar-refractivity contribution is 0.0698. The summed E-state index contributed by atoms with van der Waals surface area (Å²) in [6.45, 7) is 2.29. The molecule has 2 aliphatic rings. The van der Waals surface area contributed by atoms with Crippen molar-refractivity contribution in [3.8, 4) is 0 Å². The zero-order valence-corrected chi connectivity index (χ0v) is 12.2. The Hall–Kier alpha value is -1.84. The Kier molecular flexibility index (Phi) is 2.81. The molecule has 110 valence electrons. The lowest BCUT2D eigenvalue weighted by Crippen LogP contribution is -2.11. The highest BCUT2D eigenvalue weighted by Crippen LogP contribution is 2.45. The minimum absolute atomic E-state index is 0.395. The average Bonchev–Trinajstić information content (AvgIpc) is 3.10. The van der Waals surface area contributed by atoms with Crippen molar-refractivity contribution in [2.24, 2.45) is 5.92 Å². The van der Waals surface area contributed by atoms with Gasteiger partial charge in [0, 0.05) is 12.0 Å². The lowest BCUT2D eigenvalue weighted by Gasteiger charge is -2.17. The number of rotatable bonds is 3. The van der Waals surface area contributed by atoms with Crippen LogP contribution in [-0.4, -0.2) is 20.6 Å². The van der Waals surface area contributed by atoms with E-state index in [1.165, 1.54) is 19.3 Å². The maximum atomic E-state index is 11.6. The number of aromatic carboxylic acids is 1. The van der Waals surface area contributed by atoms with E-state index in [2.05, 4.69) is 11.5 Å². The van der Waals surface area contributed by atoms with E-state index in [0.29, 0.717) is 17.5 Å². The van der Waals surface area contributed by atoms with Gasteiger partial charge in [-0.2, -0.15) is 0 Å². The Labute approximate surface area is 123 Å². The van der Waals surface area contributed by atoms with E-state index >= 15 is 0 Å². The normalized spacial score (nSPS) is 25.6. The third-order valence-electron chi connectivity index (χ3n) is 4.94. The van der Waals surface area contributed by atoms with Crippen LogP contribution in [-0.2, 0) is 0 Å². The summed E-state index contributed by atoms with van der Waals surface area (Å²) in [6.07, 6.45) is 5.88. The monoisotopic (exact) mass is 284 g/mol. The molecule has 4 nitrogen and oxygen atoms in total. The van der Waals surface area contributed by atoms with Crippen LogP contribution >= 0.6 is 0 Å². The summed E-state index contributed by atoms with van der Waals surface area (Å²) in [5.41, 5.74) is 2.08. The van der Waals surface area contributed by atoms with E-state index in [9.17, 15) is 9.90 Å². The lowest BCUT2D eigenvalue weighted by atomic mass is 10.1. The van der Waals surface area contributed by atoms with Crippen LogP contribution in [0.5, 0.6) is 0 Å². The van der Waals surface area contributed by atoms with Crippen molar-refractivity contribution in [1.82, 2.24) is 9.55 Å². The van der Waals surface area contributed by atoms with Gasteiger partial charge in [-0.1, -0.05) is 13.0 Å². The van der Waals surface area contributed by atoms with E-state index in [1.807, 2.05) is 6.07 Å². The fourth-order valence-corrected chi connectivity index (χ4v) is 3.75. The molecule has 2 saturated carbocycles. The molecule has 4 rings (SSSR count). The molecule has 1 aromatic carbocycles. The number of para-hydroxylation sites is 1. The van der Waals surface area contributed by atoms with Gasteiger partial charge in [-0.15, -0.1) is 0 Å². The number of benzene rings is 1. The number of hydrogen-bond acceptors (Lipinski definition) is 2. The van der Waals surface area contributed by atoms with Gasteiger partial charge in [-0.25, -0.2) is 9.78 Å². The first-order valence-electron chi connectivity index (χ1n) is 7.89. The van der Waals surface area contributed by atoms with E-state index in [4.69, 9.17) is 4.98 Å². The van der Waals surface area contributed by atoms with Crippen molar-refractivity contribution < 1.29 is 9.90 Å². The Morgan fingerprint density at radius 3 is 2.71 bits per heavy atom. The maximum absolute atomic E-state index is 11.6. The van der Waals surface area contributed by atoms with Crippen LogP contribution in [0.15, 0.2) is 18.2 Å². The Balaban J connectivity index is 1.96. The quantitative estimate of drug-likeness (QED) is 0.927. The standard InChI is InChI=1S/C17H20N2O2/c1-10-5-8-12(9-10)19-15-13(17(20)21)3-2-4-14(15)18-16(19)11-6-7-11/h2-4,10-12H,5-9H2,1H3,(H,20,21). The number of hydrogen-bond donors (Lipinski definition) is 1. The van der Waals surface area contributed by atoms with Gasteiger partial charge in [0.2, 0.25) is 0 Å². The molecule has 0 radical (unpaired) electrons. The summed E-state index contributed by atoms with van der Waals surface area (Å²) in [7, 11) is 0. The fourth-order valence-electron chi connectivity index (χ4n) is 3.75.